The molecule has 5 nitrogen and oxygen atoms in total. The minimum atomic E-state index is -0.866. The molecule has 1 amide bonds. The van der Waals surface area contributed by atoms with Crippen LogP contribution in [-0.4, -0.2) is 47.7 Å². The van der Waals surface area contributed by atoms with Crippen molar-refractivity contribution in [2.45, 2.75) is 50.6 Å². The molecule has 0 spiro atoms. The molecule has 0 radical (unpaired) electrons. The summed E-state index contributed by atoms with van der Waals surface area (Å²) in [6, 6.07) is -0.480. The normalized spacial score (nSPS) is 31.2. The van der Waals surface area contributed by atoms with Crippen LogP contribution in [0.4, 0.5) is 0 Å². The maximum atomic E-state index is 12.2. The topological polar surface area (TPSA) is 66.8 Å². The molecule has 0 aromatic heterocycles. The van der Waals surface area contributed by atoms with Gasteiger partial charge in [0.05, 0.1) is 13.0 Å². The lowest BCUT2D eigenvalue weighted by Gasteiger charge is -2.33. The maximum Gasteiger partial charge on any atom is 0.326 e. The van der Waals surface area contributed by atoms with Gasteiger partial charge in [0, 0.05) is 13.2 Å². The van der Waals surface area contributed by atoms with Gasteiger partial charge in [-0.05, 0) is 25.2 Å². The zero-order valence-electron chi connectivity index (χ0n) is 10.8. The highest BCUT2D eigenvalue weighted by Crippen LogP contribution is 2.40. The largest absolute Gasteiger partial charge is 0.480 e. The minimum Gasteiger partial charge on any atom is -0.480 e. The number of nitrogens with zero attached hydrogens (tertiary/aromatic N) is 1. The van der Waals surface area contributed by atoms with Crippen molar-refractivity contribution in [3.63, 3.8) is 0 Å². The zero-order chi connectivity index (χ0) is 13.1. The molecule has 18 heavy (non-hydrogen) atoms. The number of ether oxygens (including phenoxy) is 1. The second-order valence-corrected chi connectivity index (χ2v) is 5.25. The summed E-state index contributed by atoms with van der Waals surface area (Å²) in [5.74, 6) is -0.555. The van der Waals surface area contributed by atoms with E-state index >= 15 is 0 Å². The van der Waals surface area contributed by atoms with Crippen molar-refractivity contribution in [1.29, 1.82) is 0 Å². The van der Waals surface area contributed by atoms with E-state index < -0.39 is 12.0 Å². The van der Waals surface area contributed by atoms with Crippen molar-refractivity contribution in [3.8, 4) is 0 Å². The number of carbonyl (C=O) groups is 2. The summed E-state index contributed by atoms with van der Waals surface area (Å²) in [6.45, 7) is 0.360. The summed E-state index contributed by atoms with van der Waals surface area (Å²) >= 11 is 0. The molecule has 2 fully saturated rings. The quantitative estimate of drug-likeness (QED) is 0.821. The third-order valence-corrected chi connectivity index (χ3v) is 4.18. The standard InChI is InChI=1S/C13H21NO4/c1-18-7-6-12(15)14-10-5-3-2-4-9(10)8-11(14)13(16)17/h9-11H,2-8H2,1H3,(H,16,17). The average Bonchev–Trinajstić information content (AvgIpc) is 2.75. The Morgan fingerprint density at radius 3 is 2.72 bits per heavy atom. The Balaban J connectivity index is 2.11. The van der Waals surface area contributed by atoms with Gasteiger partial charge in [0.2, 0.25) is 5.91 Å². The number of fused-ring (bicyclic) bond motifs is 1. The van der Waals surface area contributed by atoms with Gasteiger partial charge in [0.1, 0.15) is 6.04 Å². The Bertz CT molecular complexity index is 331. The van der Waals surface area contributed by atoms with Gasteiger partial charge in [-0.2, -0.15) is 0 Å². The van der Waals surface area contributed by atoms with Gasteiger partial charge < -0.3 is 14.7 Å². The molecule has 0 bridgehead atoms. The van der Waals surface area contributed by atoms with Gasteiger partial charge in [-0.15, -0.1) is 0 Å². The van der Waals surface area contributed by atoms with Crippen LogP contribution in [0.1, 0.15) is 38.5 Å². The van der Waals surface area contributed by atoms with Crippen molar-refractivity contribution in [2.24, 2.45) is 5.92 Å². The van der Waals surface area contributed by atoms with Crippen LogP contribution in [0.2, 0.25) is 0 Å². The first-order valence-corrected chi connectivity index (χ1v) is 6.68. The summed E-state index contributed by atoms with van der Waals surface area (Å²) in [6.07, 6.45) is 5.17. The molecule has 1 aliphatic heterocycles. The molecule has 5 heteroatoms. The predicted molar refractivity (Wildman–Crippen MR) is 65.1 cm³/mol. The smallest absolute Gasteiger partial charge is 0.326 e. The summed E-state index contributed by atoms with van der Waals surface area (Å²) in [5.41, 5.74) is 0. The van der Waals surface area contributed by atoms with E-state index in [1.807, 2.05) is 0 Å². The highest BCUT2D eigenvalue weighted by Gasteiger charge is 2.47. The van der Waals surface area contributed by atoms with Crippen LogP contribution < -0.4 is 0 Å². The Morgan fingerprint density at radius 1 is 1.33 bits per heavy atom. The predicted octanol–water partition coefficient (Wildman–Crippen LogP) is 1.27. The van der Waals surface area contributed by atoms with Crippen LogP contribution >= 0.6 is 0 Å². The first kappa shape index (κ1) is 13.3. The van der Waals surface area contributed by atoms with Crippen molar-refractivity contribution >= 4 is 11.9 Å². The molecule has 102 valence electrons. The molecular formula is C13H21NO4. The highest BCUT2D eigenvalue weighted by atomic mass is 16.5. The van der Waals surface area contributed by atoms with Gasteiger partial charge in [-0.3, -0.25) is 4.79 Å². The molecule has 1 heterocycles. The van der Waals surface area contributed by atoms with Crippen LogP contribution in [0.15, 0.2) is 0 Å². The molecule has 3 atom stereocenters. The third kappa shape index (κ3) is 2.51. The van der Waals surface area contributed by atoms with E-state index in [9.17, 15) is 14.7 Å². The molecule has 1 saturated heterocycles. The van der Waals surface area contributed by atoms with Crippen LogP contribution in [0.3, 0.4) is 0 Å². The van der Waals surface area contributed by atoms with Gasteiger partial charge in [-0.1, -0.05) is 12.8 Å². The second kappa shape index (κ2) is 5.69. The maximum absolute atomic E-state index is 12.2. The molecule has 1 saturated carbocycles. The summed E-state index contributed by atoms with van der Waals surface area (Å²) in [7, 11) is 1.55. The molecule has 3 unspecified atom stereocenters. The summed E-state index contributed by atoms with van der Waals surface area (Å²) in [4.78, 5) is 25.1. The Hall–Kier alpha value is -1.10. The number of likely N-dealkylation sites (tertiary alicyclic amines) is 1. The van der Waals surface area contributed by atoms with Crippen LogP contribution in [-0.2, 0) is 14.3 Å². The van der Waals surface area contributed by atoms with E-state index in [1.54, 1.807) is 12.0 Å². The molecule has 1 aliphatic carbocycles. The summed E-state index contributed by atoms with van der Waals surface area (Å²) in [5, 5.41) is 9.28. The molecule has 2 rings (SSSR count). The van der Waals surface area contributed by atoms with Crippen molar-refractivity contribution in [2.75, 3.05) is 13.7 Å². The Morgan fingerprint density at radius 2 is 2.06 bits per heavy atom. The fraction of sp³-hybridized carbons (Fsp3) is 0.846. The van der Waals surface area contributed by atoms with E-state index in [2.05, 4.69) is 0 Å². The number of aliphatic carboxylic acids is 1. The number of amides is 1. The van der Waals surface area contributed by atoms with E-state index in [1.165, 1.54) is 0 Å². The van der Waals surface area contributed by atoms with Crippen LogP contribution in [0.25, 0.3) is 0 Å². The zero-order valence-corrected chi connectivity index (χ0v) is 10.8. The van der Waals surface area contributed by atoms with E-state index in [0.717, 1.165) is 25.7 Å². The Labute approximate surface area is 107 Å². The van der Waals surface area contributed by atoms with E-state index in [-0.39, 0.29) is 18.4 Å². The van der Waals surface area contributed by atoms with E-state index in [0.29, 0.717) is 18.9 Å². The molecule has 2 aliphatic rings. The number of hydrogen-bond donors (Lipinski definition) is 1. The van der Waals surface area contributed by atoms with E-state index in [4.69, 9.17) is 4.74 Å². The monoisotopic (exact) mass is 255 g/mol. The lowest BCUT2D eigenvalue weighted by Crippen LogP contribution is -2.46. The Kier molecular flexibility index (Phi) is 4.22. The van der Waals surface area contributed by atoms with Crippen molar-refractivity contribution in [1.82, 2.24) is 4.90 Å². The number of carbonyl (C=O) groups excluding carboxylic acids is 1. The SMILES string of the molecule is COCCC(=O)N1C(C(=O)O)CC2CCCCC21. The first-order valence-electron chi connectivity index (χ1n) is 6.68. The van der Waals surface area contributed by atoms with Gasteiger partial charge in [0.25, 0.3) is 0 Å². The highest BCUT2D eigenvalue weighted by molar-refractivity contribution is 5.84. The first-order chi connectivity index (χ1) is 8.65. The van der Waals surface area contributed by atoms with Crippen LogP contribution in [0, 0.1) is 5.92 Å². The fourth-order valence-electron chi connectivity index (χ4n) is 3.36. The average molecular weight is 255 g/mol. The number of carboxylic acids is 1. The molecular weight excluding hydrogens is 234 g/mol. The third-order valence-electron chi connectivity index (χ3n) is 4.18. The lowest BCUT2D eigenvalue weighted by atomic mass is 9.84. The fourth-order valence-corrected chi connectivity index (χ4v) is 3.36. The van der Waals surface area contributed by atoms with Crippen molar-refractivity contribution < 1.29 is 19.4 Å². The second-order valence-electron chi connectivity index (χ2n) is 5.25. The summed E-state index contributed by atoms with van der Waals surface area (Å²) < 4.78 is 4.91. The van der Waals surface area contributed by atoms with Gasteiger partial charge in [0.15, 0.2) is 0 Å². The number of methoxy groups -OCH3 is 1. The van der Waals surface area contributed by atoms with Gasteiger partial charge >= 0.3 is 5.97 Å². The van der Waals surface area contributed by atoms with Crippen molar-refractivity contribution in [3.05, 3.63) is 0 Å². The van der Waals surface area contributed by atoms with Gasteiger partial charge in [-0.25, -0.2) is 4.79 Å². The lowest BCUT2D eigenvalue weighted by molar-refractivity contribution is -0.150. The molecule has 0 aromatic carbocycles. The molecule has 0 aromatic rings. The minimum absolute atomic E-state index is 0.0707. The number of carboxylic acid groups (broad SMARTS) is 1. The number of hydrogen-bond acceptors (Lipinski definition) is 3. The van der Waals surface area contributed by atoms with Crippen LogP contribution in [0.5, 0.6) is 0 Å². The number of rotatable bonds is 4. The molecule has 1 N–H and O–H groups in total.